The number of nitrogens with one attached hydrogen (secondary N) is 1. The second-order valence-electron chi connectivity index (χ2n) is 3.92. The SMILES string of the molecule is NC(=O)c1ccc(F)c(NCc2cncc(Br)c2)c1. The summed E-state index contributed by atoms with van der Waals surface area (Å²) in [5.74, 6) is -1.03. The van der Waals surface area contributed by atoms with Crippen LogP contribution in [0.5, 0.6) is 0 Å². The summed E-state index contributed by atoms with van der Waals surface area (Å²) in [5, 5.41) is 2.91. The highest BCUT2D eigenvalue weighted by molar-refractivity contribution is 9.10. The summed E-state index contributed by atoms with van der Waals surface area (Å²) in [4.78, 5) is 15.0. The molecule has 0 fully saturated rings. The van der Waals surface area contributed by atoms with Crippen molar-refractivity contribution < 1.29 is 9.18 Å². The van der Waals surface area contributed by atoms with Crippen molar-refractivity contribution in [2.24, 2.45) is 5.73 Å². The Morgan fingerprint density at radius 2 is 2.16 bits per heavy atom. The van der Waals surface area contributed by atoms with Crippen molar-refractivity contribution in [3.8, 4) is 0 Å². The molecule has 0 aliphatic rings. The molecule has 3 N–H and O–H groups in total. The van der Waals surface area contributed by atoms with Crippen LogP contribution in [-0.2, 0) is 6.54 Å². The number of carbonyl (C=O) groups is 1. The lowest BCUT2D eigenvalue weighted by Gasteiger charge is -2.08. The highest BCUT2D eigenvalue weighted by atomic mass is 79.9. The van der Waals surface area contributed by atoms with Gasteiger partial charge in [-0.15, -0.1) is 0 Å². The van der Waals surface area contributed by atoms with Crippen LogP contribution < -0.4 is 11.1 Å². The van der Waals surface area contributed by atoms with Crippen molar-refractivity contribution in [1.82, 2.24) is 4.98 Å². The second-order valence-corrected chi connectivity index (χ2v) is 4.84. The van der Waals surface area contributed by atoms with Gasteiger partial charge >= 0.3 is 0 Å². The van der Waals surface area contributed by atoms with Crippen molar-refractivity contribution in [3.63, 3.8) is 0 Å². The summed E-state index contributed by atoms with van der Waals surface area (Å²) in [5.41, 5.74) is 6.53. The van der Waals surface area contributed by atoms with Crippen LogP contribution in [0.2, 0.25) is 0 Å². The second kappa shape index (κ2) is 5.79. The van der Waals surface area contributed by atoms with E-state index in [1.165, 1.54) is 18.2 Å². The predicted octanol–water partition coefficient (Wildman–Crippen LogP) is 2.69. The number of amides is 1. The molecule has 0 radical (unpaired) electrons. The minimum absolute atomic E-state index is 0.233. The van der Waals surface area contributed by atoms with Crippen molar-refractivity contribution in [2.75, 3.05) is 5.32 Å². The Kier molecular flexibility index (Phi) is 4.11. The fourth-order valence-corrected chi connectivity index (χ4v) is 1.98. The average Bonchev–Trinajstić information content (AvgIpc) is 2.37. The molecule has 0 unspecified atom stereocenters. The zero-order valence-electron chi connectivity index (χ0n) is 9.86. The Morgan fingerprint density at radius 3 is 2.84 bits per heavy atom. The first-order valence-electron chi connectivity index (χ1n) is 5.49. The molecule has 6 heteroatoms. The number of primary amides is 1. The first kappa shape index (κ1) is 13.5. The van der Waals surface area contributed by atoms with Crippen LogP contribution in [0.1, 0.15) is 15.9 Å². The molecule has 0 spiro atoms. The van der Waals surface area contributed by atoms with E-state index in [0.717, 1.165) is 10.0 Å². The van der Waals surface area contributed by atoms with E-state index in [2.05, 4.69) is 26.2 Å². The van der Waals surface area contributed by atoms with Crippen LogP contribution >= 0.6 is 15.9 Å². The largest absolute Gasteiger partial charge is 0.379 e. The lowest BCUT2D eigenvalue weighted by Crippen LogP contribution is -2.12. The summed E-state index contributed by atoms with van der Waals surface area (Å²) in [7, 11) is 0. The van der Waals surface area contributed by atoms with Crippen LogP contribution in [0, 0.1) is 5.82 Å². The van der Waals surface area contributed by atoms with Gasteiger partial charge in [-0.25, -0.2) is 4.39 Å². The predicted molar refractivity (Wildman–Crippen MR) is 74.2 cm³/mol. The fourth-order valence-electron chi connectivity index (χ4n) is 1.56. The molecule has 98 valence electrons. The zero-order chi connectivity index (χ0) is 13.8. The minimum Gasteiger partial charge on any atom is -0.379 e. The van der Waals surface area contributed by atoms with Crippen molar-refractivity contribution in [1.29, 1.82) is 0 Å². The van der Waals surface area contributed by atoms with Gasteiger partial charge in [0.05, 0.1) is 5.69 Å². The number of anilines is 1. The molecule has 1 aromatic carbocycles. The maximum absolute atomic E-state index is 13.6. The summed E-state index contributed by atoms with van der Waals surface area (Å²) < 4.78 is 14.4. The number of benzene rings is 1. The third kappa shape index (κ3) is 3.51. The molecule has 0 saturated carbocycles. The third-order valence-corrected chi connectivity index (χ3v) is 2.93. The number of nitrogens with two attached hydrogens (primary N) is 1. The lowest BCUT2D eigenvalue weighted by atomic mass is 10.1. The van der Waals surface area contributed by atoms with E-state index in [4.69, 9.17) is 5.73 Å². The molecule has 1 amide bonds. The van der Waals surface area contributed by atoms with Crippen molar-refractivity contribution in [3.05, 3.63) is 58.1 Å². The zero-order valence-corrected chi connectivity index (χ0v) is 11.4. The van der Waals surface area contributed by atoms with E-state index < -0.39 is 11.7 Å². The molecule has 0 aliphatic heterocycles. The van der Waals surface area contributed by atoms with E-state index >= 15 is 0 Å². The Labute approximate surface area is 118 Å². The molecular weight excluding hydrogens is 313 g/mol. The normalized spacial score (nSPS) is 10.2. The number of pyridine rings is 1. The van der Waals surface area contributed by atoms with Gasteiger partial charge in [0.2, 0.25) is 5.91 Å². The Hall–Kier alpha value is -1.95. The maximum Gasteiger partial charge on any atom is 0.248 e. The van der Waals surface area contributed by atoms with Gasteiger partial charge in [0.1, 0.15) is 5.82 Å². The topological polar surface area (TPSA) is 68.0 Å². The van der Waals surface area contributed by atoms with Gasteiger partial charge < -0.3 is 11.1 Å². The molecule has 2 aromatic rings. The number of hydrogen-bond acceptors (Lipinski definition) is 3. The molecule has 1 heterocycles. The van der Waals surface area contributed by atoms with E-state index in [0.29, 0.717) is 6.54 Å². The number of halogens is 2. The Morgan fingerprint density at radius 1 is 1.37 bits per heavy atom. The van der Waals surface area contributed by atoms with Gasteiger partial charge in [-0.1, -0.05) is 0 Å². The van der Waals surface area contributed by atoms with Crippen LogP contribution in [0.25, 0.3) is 0 Å². The van der Waals surface area contributed by atoms with Gasteiger partial charge in [-0.3, -0.25) is 9.78 Å². The minimum atomic E-state index is -0.591. The number of carbonyl (C=O) groups excluding carboxylic acids is 1. The summed E-state index contributed by atoms with van der Waals surface area (Å²) in [6.45, 7) is 0.394. The molecular formula is C13H11BrFN3O. The van der Waals surface area contributed by atoms with Crippen molar-refractivity contribution >= 4 is 27.5 Å². The monoisotopic (exact) mass is 323 g/mol. The summed E-state index contributed by atoms with van der Waals surface area (Å²) in [6.07, 6.45) is 3.34. The highest BCUT2D eigenvalue weighted by Crippen LogP contribution is 2.17. The van der Waals surface area contributed by atoms with Crippen LogP contribution in [0.15, 0.2) is 41.1 Å². The first-order chi connectivity index (χ1) is 9.06. The summed E-state index contributed by atoms with van der Waals surface area (Å²) >= 11 is 3.31. The van der Waals surface area contributed by atoms with Crippen molar-refractivity contribution in [2.45, 2.75) is 6.54 Å². The van der Waals surface area contributed by atoms with E-state index in [1.807, 2.05) is 6.07 Å². The molecule has 1 aromatic heterocycles. The summed E-state index contributed by atoms with van der Waals surface area (Å²) in [6, 6.07) is 5.82. The molecule has 0 saturated heterocycles. The van der Waals surface area contributed by atoms with E-state index in [9.17, 15) is 9.18 Å². The van der Waals surface area contributed by atoms with Gasteiger partial charge in [-0.05, 0) is 45.8 Å². The smallest absolute Gasteiger partial charge is 0.248 e. The number of nitrogens with zero attached hydrogens (tertiary/aromatic N) is 1. The van der Waals surface area contributed by atoms with Crippen LogP contribution in [0.4, 0.5) is 10.1 Å². The van der Waals surface area contributed by atoms with E-state index in [1.54, 1.807) is 12.4 Å². The molecule has 2 rings (SSSR count). The van der Waals surface area contributed by atoms with Gasteiger partial charge in [0, 0.05) is 29.0 Å². The fraction of sp³-hybridized carbons (Fsp3) is 0.0769. The van der Waals surface area contributed by atoms with Crippen LogP contribution in [-0.4, -0.2) is 10.9 Å². The lowest BCUT2D eigenvalue weighted by molar-refractivity contribution is 0.100. The first-order valence-corrected chi connectivity index (χ1v) is 6.28. The third-order valence-electron chi connectivity index (χ3n) is 2.50. The average molecular weight is 324 g/mol. The quantitative estimate of drug-likeness (QED) is 0.909. The molecule has 4 nitrogen and oxygen atoms in total. The number of rotatable bonds is 4. The molecule has 0 atom stereocenters. The molecule has 19 heavy (non-hydrogen) atoms. The Bertz CT molecular complexity index is 619. The molecule has 0 aliphatic carbocycles. The van der Waals surface area contributed by atoms with Gasteiger partial charge in [0.15, 0.2) is 0 Å². The van der Waals surface area contributed by atoms with Gasteiger partial charge in [0.25, 0.3) is 0 Å². The number of hydrogen-bond donors (Lipinski definition) is 2. The van der Waals surface area contributed by atoms with Crippen LogP contribution in [0.3, 0.4) is 0 Å². The maximum atomic E-state index is 13.6. The highest BCUT2D eigenvalue weighted by Gasteiger charge is 2.07. The van der Waals surface area contributed by atoms with E-state index in [-0.39, 0.29) is 11.3 Å². The molecule has 0 bridgehead atoms. The number of aromatic nitrogens is 1. The standard InChI is InChI=1S/C13H11BrFN3O/c14-10-3-8(5-17-7-10)6-18-12-4-9(13(16)19)1-2-11(12)15/h1-5,7,18H,6H2,(H2,16,19). The van der Waals surface area contributed by atoms with Gasteiger partial charge in [-0.2, -0.15) is 0 Å². The Balaban J connectivity index is 2.15.